The molecule has 0 fully saturated rings. The molecule has 0 saturated carbocycles. The molecule has 0 bridgehead atoms. The molecule has 0 aromatic heterocycles. The standard InChI is InChI=1S/C23H22N2O4/c1-16(24-23(27)17-8-4-3-5-9-17)22(26)25-18-12-14-19(15-13-18)29-21-11-7-6-10-20(21)28-2/h3-16H,1-2H3,(H,24,27)(H,25,26)/t16-/m1/s1. The van der Waals surface area contributed by atoms with E-state index in [1.807, 2.05) is 30.3 Å². The Bertz CT molecular complexity index is 972. The molecule has 3 aromatic rings. The van der Waals surface area contributed by atoms with Crippen molar-refractivity contribution in [1.29, 1.82) is 0 Å². The molecule has 0 radical (unpaired) electrons. The van der Waals surface area contributed by atoms with Crippen LogP contribution < -0.4 is 20.1 Å². The van der Waals surface area contributed by atoms with Crippen molar-refractivity contribution >= 4 is 17.5 Å². The average Bonchev–Trinajstić information content (AvgIpc) is 2.76. The fourth-order valence-electron chi connectivity index (χ4n) is 2.62. The largest absolute Gasteiger partial charge is 0.493 e. The van der Waals surface area contributed by atoms with E-state index in [0.717, 1.165) is 0 Å². The Hall–Kier alpha value is -3.80. The van der Waals surface area contributed by atoms with E-state index in [-0.39, 0.29) is 11.8 Å². The average molecular weight is 390 g/mol. The first-order valence-corrected chi connectivity index (χ1v) is 9.14. The van der Waals surface area contributed by atoms with Crippen LogP contribution in [0.4, 0.5) is 5.69 Å². The van der Waals surface area contributed by atoms with Gasteiger partial charge in [0.15, 0.2) is 11.5 Å². The second-order valence-corrected chi connectivity index (χ2v) is 6.33. The van der Waals surface area contributed by atoms with Gasteiger partial charge >= 0.3 is 0 Å². The minimum absolute atomic E-state index is 0.297. The van der Waals surface area contributed by atoms with Crippen LogP contribution >= 0.6 is 0 Å². The zero-order valence-corrected chi connectivity index (χ0v) is 16.2. The number of ether oxygens (including phenoxy) is 2. The van der Waals surface area contributed by atoms with Crippen LogP contribution in [0, 0.1) is 0 Å². The van der Waals surface area contributed by atoms with E-state index >= 15 is 0 Å². The molecule has 1 atom stereocenters. The number of carbonyl (C=O) groups is 2. The number of hydrogen-bond donors (Lipinski definition) is 2. The van der Waals surface area contributed by atoms with Crippen molar-refractivity contribution < 1.29 is 19.1 Å². The van der Waals surface area contributed by atoms with Crippen LogP contribution in [0.5, 0.6) is 17.2 Å². The monoisotopic (exact) mass is 390 g/mol. The zero-order chi connectivity index (χ0) is 20.6. The summed E-state index contributed by atoms with van der Waals surface area (Å²) in [5.41, 5.74) is 1.10. The first-order valence-electron chi connectivity index (χ1n) is 9.14. The number of benzene rings is 3. The Labute approximate surface area is 169 Å². The van der Waals surface area contributed by atoms with Crippen molar-refractivity contribution in [2.24, 2.45) is 0 Å². The minimum Gasteiger partial charge on any atom is -0.493 e. The molecule has 0 heterocycles. The summed E-state index contributed by atoms with van der Waals surface area (Å²) in [5.74, 6) is 1.23. The van der Waals surface area contributed by atoms with Crippen LogP contribution in [0.25, 0.3) is 0 Å². The quantitative estimate of drug-likeness (QED) is 0.632. The van der Waals surface area contributed by atoms with Gasteiger partial charge < -0.3 is 20.1 Å². The second kappa shape index (κ2) is 9.41. The summed E-state index contributed by atoms with van der Waals surface area (Å²) in [6, 6.07) is 22.4. The smallest absolute Gasteiger partial charge is 0.251 e. The molecule has 3 aromatic carbocycles. The predicted octanol–water partition coefficient (Wildman–Crippen LogP) is 4.24. The molecule has 6 heteroatoms. The van der Waals surface area contributed by atoms with Crippen LogP contribution in [-0.4, -0.2) is 25.0 Å². The Morgan fingerprint density at radius 3 is 2.10 bits per heavy atom. The minimum atomic E-state index is -0.688. The van der Waals surface area contributed by atoms with E-state index in [1.165, 1.54) is 0 Å². The lowest BCUT2D eigenvalue weighted by molar-refractivity contribution is -0.117. The molecule has 2 amide bonds. The number of para-hydroxylation sites is 2. The summed E-state index contributed by atoms with van der Waals surface area (Å²) in [5, 5.41) is 5.46. The van der Waals surface area contributed by atoms with E-state index < -0.39 is 6.04 Å². The third-order valence-corrected chi connectivity index (χ3v) is 4.20. The van der Waals surface area contributed by atoms with Gasteiger partial charge in [0.05, 0.1) is 7.11 Å². The highest BCUT2D eigenvalue weighted by atomic mass is 16.5. The Morgan fingerprint density at radius 2 is 1.45 bits per heavy atom. The summed E-state index contributed by atoms with van der Waals surface area (Å²) in [4.78, 5) is 24.5. The van der Waals surface area contributed by atoms with Gasteiger partial charge in [-0.3, -0.25) is 9.59 Å². The normalized spacial score (nSPS) is 11.2. The van der Waals surface area contributed by atoms with Gasteiger partial charge in [-0.25, -0.2) is 0 Å². The molecule has 0 aliphatic heterocycles. The molecule has 0 aliphatic carbocycles. The van der Waals surface area contributed by atoms with Crippen LogP contribution in [0.2, 0.25) is 0 Å². The first kappa shape index (κ1) is 19.9. The van der Waals surface area contributed by atoms with Gasteiger partial charge in [-0.2, -0.15) is 0 Å². The first-order chi connectivity index (χ1) is 14.1. The van der Waals surface area contributed by atoms with E-state index in [9.17, 15) is 9.59 Å². The molecule has 6 nitrogen and oxygen atoms in total. The zero-order valence-electron chi connectivity index (χ0n) is 16.2. The van der Waals surface area contributed by atoms with Crippen molar-refractivity contribution in [1.82, 2.24) is 5.32 Å². The number of amides is 2. The lowest BCUT2D eigenvalue weighted by Gasteiger charge is -2.15. The number of anilines is 1. The maximum atomic E-state index is 12.4. The highest BCUT2D eigenvalue weighted by molar-refractivity contribution is 6.00. The molecule has 0 saturated heterocycles. The third-order valence-electron chi connectivity index (χ3n) is 4.20. The fourth-order valence-corrected chi connectivity index (χ4v) is 2.62. The van der Waals surface area contributed by atoms with Crippen LogP contribution in [0.15, 0.2) is 78.9 Å². The van der Waals surface area contributed by atoms with Crippen molar-refractivity contribution in [2.75, 3.05) is 12.4 Å². The lowest BCUT2D eigenvalue weighted by Crippen LogP contribution is -2.41. The van der Waals surface area contributed by atoms with Gasteiger partial charge in [-0.05, 0) is 55.5 Å². The number of carbonyl (C=O) groups excluding carboxylic acids is 2. The molecule has 29 heavy (non-hydrogen) atoms. The summed E-state index contributed by atoms with van der Waals surface area (Å²) in [7, 11) is 1.58. The summed E-state index contributed by atoms with van der Waals surface area (Å²) >= 11 is 0. The van der Waals surface area contributed by atoms with E-state index in [1.54, 1.807) is 62.6 Å². The SMILES string of the molecule is COc1ccccc1Oc1ccc(NC(=O)[C@@H](C)NC(=O)c2ccccc2)cc1. The maximum Gasteiger partial charge on any atom is 0.251 e. The van der Waals surface area contributed by atoms with Crippen molar-refractivity contribution in [2.45, 2.75) is 13.0 Å². The van der Waals surface area contributed by atoms with Gasteiger partial charge in [0.2, 0.25) is 5.91 Å². The van der Waals surface area contributed by atoms with Crippen molar-refractivity contribution in [3.63, 3.8) is 0 Å². The molecule has 148 valence electrons. The predicted molar refractivity (Wildman–Crippen MR) is 112 cm³/mol. The Kier molecular flexibility index (Phi) is 6.47. The van der Waals surface area contributed by atoms with Crippen LogP contribution in [-0.2, 0) is 4.79 Å². The molecule has 0 spiro atoms. The van der Waals surface area contributed by atoms with Gasteiger partial charge in [-0.15, -0.1) is 0 Å². The second-order valence-electron chi connectivity index (χ2n) is 6.33. The van der Waals surface area contributed by atoms with Gasteiger partial charge in [-0.1, -0.05) is 30.3 Å². The Morgan fingerprint density at radius 1 is 0.828 bits per heavy atom. The molecular weight excluding hydrogens is 368 g/mol. The summed E-state index contributed by atoms with van der Waals surface area (Å²) in [6.07, 6.45) is 0. The third kappa shape index (κ3) is 5.35. The highest BCUT2D eigenvalue weighted by Gasteiger charge is 2.16. The number of rotatable bonds is 7. The topological polar surface area (TPSA) is 76.7 Å². The molecule has 0 unspecified atom stereocenters. The van der Waals surface area contributed by atoms with Crippen LogP contribution in [0.3, 0.4) is 0 Å². The van der Waals surface area contributed by atoms with E-state index in [2.05, 4.69) is 10.6 Å². The number of hydrogen-bond acceptors (Lipinski definition) is 4. The van der Waals surface area contributed by atoms with Crippen molar-refractivity contribution in [3.8, 4) is 17.2 Å². The molecule has 0 aliphatic rings. The summed E-state index contributed by atoms with van der Waals surface area (Å²) < 4.78 is 11.1. The highest BCUT2D eigenvalue weighted by Crippen LogP contribution is 2.31. The van der Waals surface area contributed by atoms with Gasteiger partial charge in [0.1, 0.15) is 11.8 Å². The molecule has 2 N–H and O–H groups in total. The van der Waals surface area contributed by atoms with E-state index in [4.69, 9.17) is 9.47 Å². The van der Waals surface area contributed by atoms with Crippen molar-refractivity contribution in [3.05, 3.63) is 84.4 Å². The molecule has 3 rings (SSSR count). The Balaban J connectivity index is 1.57. The van der Waals surface area contributed by atoms with E-state index in [0.29, 0.717) is 28.5 Å². The fraction of sp³-hybridized carbons (Fsp3) is 0.130. The van der Waals surface area contributed by atoms with Crippen LogP contribution in [0.1, 0.15) is 17.3 Å². The number of nitrogens with one attached hydrogen (secondary N) is 2. The van der Waals surface area contributed by atoms with Gasteiger partial charge in [0.25, 0.3) is 5.91 Å². The van der Waals surface area contributed by atoms with Gasteiger partial charge in [0, 0.05) is 11.3 Å². The maximum absolute atomic E-state index is 12.4. The summed E-state index contributed by atoms with van der Waals surface area (Å²) in [6.45, 7) is 1.63. The number of methoxy groups -OCH3 is 1. The lowest BCUT2D eigenvalue weighted by atomic mass is 10.2. The molecular formula is C23H22N2O4.